The highest BCUT2D eigenvalue weighted by Crippen LogP contribution is 2.37. The molecule has 7 nitrogen and oxygen atoms in total. The Morgan fingerprint density at radius 2 is 1.97 bits per heavy atom. The summed E-state index contributed by atoms with van der Waals surface area (Å²) in [6.45, 7) is 6.71. The van der Waals surface area contributed by atoms with Crippen LogP contribution in [0.2, 0.25) is 0 Å². The number of carbonyl (C=O) groups is 4. The molecule has 0 saturated heterocycles. The van der Waals surface area contributed by atoms with Gasteiger partial charge in [0.25, 0.3) is 0 Å². The normalized spacial score (nSPS) is 25.7. The second-order valence-electron chi connectivity index (χ2n) is 8.90. The Bertz CT molecular complexity index is 1050. The SMILES string of the molecule is CCCCC/C=C(\C)C(=O)O[C@@]1(C)C(=O)C=C2C=C(C3=C(C)CC(O)CC3=O)OC=C2C1=O. The van der Waals surface area contributed by atoms with E-state index in [4.69, 9.17) is 9.47 Å². The number of hydrogen-bond donors (Lipinski definition) is 1. The first kappa shape index (κ1) is 24.6. The molecule has 1 N–H and O–H groups in total. The predicted molar refractivity (Wildman–Crippen MR) is 121 cm³/mol. The van der Waals surface area contributed by atoms with E-state index in [1.54, 1.807) is 19.9 Å². The molecule has 1 unspecified atom stereocenters. The minimum Gasteiger partial charge on any atom is -0.463 e. The van der Waals surface area contributed by atoms with Crippen molar-refractivity contribution in [3.05, 3.63) is 58.1 Å². The zero-order valence-corrected chi connectivity index (χ0v) is 19.5. The maximum Gasteiger partial charge on any atom is 0.334 e. The summed E-state index contributed by atoms with van der Waals surface area (Å²) in [5.41, 5.74) is -0.222. The van der Waals surface area contributed by atoms with Gasteiger partial charge in [-0.25, -0.2) is 4.79 Å². The molecule has 33 heavy (non-hydrogen) atoms. The maximum absolute atomic E-state index is 13.2. The maximum atomic E-state index is 13.2. The summed E-state index contributed by atoms with van der Waals surface area (Å²) in [5.74, 6) is -2.08. The Kier molecular flexibility index (Phi) is 7.32. The van der Waals surface area contributed by atoms with Gasteiger partial charge in [0.15, 0.2) is 5.78 Å². The average Bonchev–Trinajstić information content (AvgIpc) is 2.74. The fourth-order valence-electron chi connectivity index (χ4n) is 4.11. The lowest BCUT2D eigenvalue weighted by atomic mass is 9.79. The van der Waals surface area contributed by atoms with Crippen LogP contribution < -0.4 is 0 Å². The summed E-state index contributed by atoms with van der Waals surface area (Å²) in [4.78, 5) is 51.0. The van der Waals surface area contributed by atoms with Crippen LogP contribution in [-0.2, 0) is 28.7 Å². The highest BCUT2D eigenvalue weighted by molar-refractivity contribution is 6.26. The molecule has 0 bridgehead atoms. The van der Waals surface area contributed by atoms with E-state index < -0.39 is 29.2 Å². The van der Waals surface area contributed by atoms with Crippen molar-refractivity contribution in [2.75, 3.05) is 0 Å². The van der Waals surface area contributed by atoms with Gasteiger partial charge in [-0.1, -0.05) is 31.4 Å². The molecule has 2 aliphatic carbocycles. The molecule has 1 heterocycles. The standard InChI is InChI=1S/C26H30O7/c1-5-6-7-8-9-15(2)25(31)33-26(4)22(29)12-17-11-21(32-14-19(17)24(26)30)23-16(3)10-18(27)13-20(23)28/h9,11-12,14,18,27H,5-8,10,13H2,1-4H3/b15-9+/t18?,26-/m0/s1. The average molecular weight is 455 g/mol. The Labute approximate surface area is 193 Å². The molecule has 0 saturated carbocycles. The molecule has 0 aromatic heterocycles. The van der Waals surface area contributed by atoms with E-state index in [0.717, 1.165) is 25.7 Å². The van der Waals surface area contributed by atoms with E-state index in [0.29, 0.717) is 28.7 Å². The van der Waals surface area contributed by atoms with Gasteiger partial charge in [0.1, 0.15) is 12.0 Å². The summed E-state index contributed by atoms with van der Waals surface area (Å²) in [5, 5.41) is 9.79. The summed E-state index contributed by atoms with van der Waals surface area (Å²) in [7, 11) is 0. The lowest BCUT2D eigenvalue weighted by Crippen LogP contribution is -2.50. The van der Waals surface area contributed by atoms with Gasteiger partial charge in [-0.15, -0.1) is 0 Å². The van der Waals surface area contributed by atoms with Crippen LogP contribution in [0.4, 0.5) is 0 Å². The molecular formula is C26H30O7. The molecule has 2 atom stereocenters. The first-order valence-electron chi connectivity index (χ1n) is 11.3. The van der Waals surface area contributed by atoms with Crippen molar-refractivity contribution in [3.63, 3.8) is 0 Å². The summed E-state index contributed by atoms with van der Waals surface area (Å²) in [6, 6.07) is 0. The van der Waals surface area contributed by atoms with Crippen LogP contribution in [0.3, 0.4) is 0 Å². The number of hydrogen-bond acceptors (Lipinski definition) is 7. The van der Waals surface area contributed by atoms with Crippen molar-refractivity contribution in [1.82, 2.24) is 0 Å². The Balaban J connectivity index is 1.83. The van der Waals surface area contributed by atoms with Crippen LogP contribution in [0.5, 0.6) is 0 Å². The van der Waals surface area contributed by atoms with Gasteiger partial charge in [0.2, 0.25) is 17.2 Å². The quantitative estimate of drug-likeness (QED) is 0.270. The van der Waals surface area contributed by atoms with Crippen LogP contribution in [0, 0.1) is 0 Å². The number of rotatable bonds is 7. The molecule has 3 aliphatic rings. The number of Topliss-reactive ketones (excluding diaryl/α,β-unsaturated/α-hetero) is 2. The largest absolute Gasteiger partial charge is 0.463 e. The number of allylic oxidation sites excluding steroid dienone is 4. The van der Waals surface area contributed by atoms with E-state index in [1.807, 2.05) is 0 Å². The number of carbonyl (C=O) groups excluding carboxylic acids is 4. The molecular weight excluding hydrogens is 424 g/mol. The fraction of sp³-hybridized carbons (Fsp3) is 0.462. The number of ether oxygens (including phenoxy) is 2. The van der Waals surface area contributed by atoms with Crippen LogP contribution in [0.1, 0.15) is 66.2 Å². The molecule has 0 aromatic carbocycles. The van der Waals surface area contributed by atoms with Crippen molar-refractivity contribution in [2.24, 2.45) is 0 Å². The third-order valence-electron chi connectivity index (χ3n) is 6.13. The number of unbranched alkanes of at least 4 members (excludes halogenated alkanes) is 3. The minimum atomic E-state index is -1.99. The van der Waals surface area contributed by atoms with Gasteiger partial charge in [-0.2, -0.15) is 0 Å². The second-order valence-corrected chi connectivity index (χ2v) is 8.90. The first-order chi connectivity index (χ1) is 15.6. The number of esters is 1. The molecule has 7 heteroatoms. The van der Waals surface area contributed by atoms with Crippen molar-refractivity contribution >= 4 is 23.3 Å². The second kappa shape index (κ2) is 9.83. The topological polar surface area (TPSA) is 107 Å². The van der Waals surface area contributed by atoms with Crippen molar-refractivity contribution < 1.29 is 33.8 Å². The molecule has 0 amide bonds. The highest BCUT2D eigenvalue weighted by atomic mass is 16.6. The highest BCUT2D eigenvalue weighted by Gasteiger charge is 2.49. The van der Waals surface area contributed by atoms with Gasteiger partial charge < -0.3 is 14.6 Å². The van der Waals surface area contributed by atoms with Gasteiger partial charge in [-0.05, 0) is 57.8 Å². The van der Waals surface area contributed by atoms with Crippen molar-refractivity contribution in [2.45, 2.75) is 77.9 Å². The monoisotopic (exact) mass is 454 g/mol. The number of aliphatic hydroxyl groups is 1. The van der Waals surface area contributed by atoms with Crippen LogP contribution in [0.25, 0.3) is 0 Å². The molecule has 0 aromatic rings. The van der Waals surface area contributed by atoms with E-state index >= 15 is 0 Å². The van der Waals surface area contributed by atoms with Crippen LogP contribution in [0.15, 0.2) is 58.1 Å². The Hall–Kier alpha value is -3.06. The molecule has 176 valence electrons. The van der Waals surface area contributed by atoms with E-state index in [-0.39, 0.29) is 23.5 Å². The number of fused-ring (bicyclic) bond motifs is 1. The minimum absolute atomic E-state index is 0.0137. The van der Waals surface area contributed by atoms with Crippen LogP contribution in [-0.4, -0.2) is 40.1 Å². The summed E-state index contributed by atoms with van der Waals surface area (Å²) in [6.07, 6.45) is 9.03. The Morgan fingerprint density at radius 1 is 1.24 bits per heavy atom. The van der Waals surface area contributed by atoms with E-state index in [1.165, 1.54) is 25.3 Å². The molecule has 0 radical (unpaired) electrons. The van der Waals surface area contributed by atoms with E-state index in [2.05, 4.69) is 6.92 Å². The zero-order valence-electron chi connectivity index (χ0n) is 19.5. The summed E-state index contributed by atoms with van der Waals surface area (Å²) < 4.78 is 11.0. The van der Waals surface area contributed by atoms with Gasteiger partial charge in [0, 0.05) is 12.0 Å². The van der Waals surface area contributed by atoms with Crippen LogP contribution >= 0.6 is 0 Å². The number of aliphatic hydroxyl groups excluding tert-OH is 1. The Morgan fingerprint density at radius 3 is 2.64 bits per heavy atom. The molecule has 3 rings (SSSR count). The van der Waals surface area contributed by atoms with Gasteiger partial charge in [0.05, 0.1) is 17.3 Å². The first-order valence-corrected chi connectivity index (χ1v) is 11.3. The van der Waals surface area contributed by atoms with Crippen molar-refractivity contribution in [1.29, 1.82) is 0 Å². The third-order valence-corrected chi connectivity index (χ3v) is 6.13. The molecule has 1 aliphatic heterocycles. The van der Waals surface area contributed by atoms with Gasteiger partial charge >= 0.3 is 5.97 Å². The molecule has 0 spiro atoms. The third kappa shape index (κ3) is 4.98. The lowest BCUT2D eigenvalue weighted by molar-refractivity contribution is -0.165. The van der Waals surface area contributed by atoms with E-state index in [9.17, 15) is 24.3 Å². The predicted octanol–water partition coefficient (Wildman–Crippen LogP) is 3.73. The summed E-state index contributed by atoms with van der Waals surface area (Å²) >= 11 is 0. The van der Waals surface area contributed by atoms with Gasteiger partial charge in [-0.3, -0.25) is 14.4 Å². The molecule has 0 fully saturated rings. The fourth-order valence-corrected chi connectivity index (χ4v) is 4.11. The number of ketones is 3. The lowest BCUT2D eigenvalue weighted by Gasteiger charge is -2.32. The van der Waals surface area contributed by atoms with Crippen molar-refractivity contribution in [3.8, 4) is 0 Å². The smallest absolute Gasteiger partial charge is 0.334 e. The zero-order chi connectivity index (χ0) is 24.3.